The molecule has 0 aliphatic carbocycles. The van der Waals surface area contributed by atoms with Crippen LogP contribution in [0.5, 0.6) is 0 Å². The molecule has 3 N–H and O–H groups in total. The molecular weight excluding hydrogens is 255 g/mol. The largest absolute Gasteiger partial charge is 0.384 e. The van der Waals surface area contributed by atoms with Gasteiger partial charge in [0.05, 0.1) is 18.3 Å². The lowest BCUT2D eigenvalue weighted by Gasteiger charge is -2.14. The highest BCUT2D eigenvalue weighted by molar-refractivity contribution is 5.95. The fourth-order valence-electron chi connectivity index (χ4n) is 2.07. The van der Waals surface area contributed by atoms with Crippen LogP contribution in [-0.4, -0.2) is 11.9 Å². The minimum absolute atomic E-state index is 0.118. The van der Waals surface area contributed by atoms with Crippen LogP contribution in [0.15, 0.2) is 18.2 Å². The van der Waals surface area contributed by atoms with Crippen LogP contribution < -0.4 is 5.73 Å². The Morgan fingerprint density at radius 3 is 2.75 bits per heavy atom. The van der Waals surface area contributed by atoms with E-state index < -0.39 is 5.82 Å². The molecule has 0 aromatic heterocycles. The summed E-state index contributed by atoms with van der Waals surface area (Å²) < 4.78 is 19.7. The number of rotatable bonds is 9. The molecule has 1 atom stereocenters. The monoisotopic (exact) mass is 280 g/mol. The Morgan fingerprint density at radius 2 is 2.10 bits per heavy atom. The third-order valence-electron chi connectivity index (χ3n) is 3.36. The Balaban J connectivity index is 2.45. The summed E-state index contributed by atoms with van der Waals surface area (Å²) >= 11 is 0. The van der Waals surface area contributed by atoms with Gasteiger partial charge < -0.3 is 10.5 Å². The molecule has 1 aromatic carbocycles. The minimum atomic E-state index is -0.446. The van der Waals surface area contributed by atoms with Crippen molar-refractivity contribution in [2.75, 3.05) is 0 Å². The van der Waals surface area contributed by atoms with Crippen LogP contribution >= 0.6 is 0 Å². The van der Waals surface area contributed by atoms with E-state index in [0.29, 0.717) is 5.56 Å². The maximum absolute atomic E-state index is 14.0. The maximum atomic E-state index is 14.0. The van der Waals surface area contributed by atoms with Crippen molar-refractivity contribution in [2.45, 2.75) is 58.7 Å². The molecule has 4 heteroatoms. The highest BCUT2D eigenvalue weighted by Gasteiger charge is 2.11. The summed E-state index contributed by atoms with van der Waals surface area (Å²) in [5.41, 5.74) is 5.93. The van der Waals surface area contributed by atoms with Crippen LogP contribution in [-0.2, 0) is 11.3 Å². The first-order valence-electron chi connectivity index (χ1n) is 7.29. The lowest BCUT2D eigenvalue weighted by atomic mass is 10.1. The molecule has 1 aromatic rings. The zero-order valence-electron chi connectivity index (χ0n) is 12.4. The van der Waals surface area contributed by atoms with Gasteiger partial charge in [0.25, 0.3) is 0 Å². The first-order chi connectivity index (χ1) is 9.56. The molecule has 20 heavy (non-hydrogen) atoms. The molecule has 0 heterocycles. The van der Waals surface area contributed by atoms with Crippen molar-refractivity contribution >= 4 is 5.84 Å². The Hall–Kier alpha value is -1.42. The number of nitrogens with one attached hydrogen (secondary N) is 1. The van der Waals surface area contributed by atoms with Gasteiger partial charge >= 0.3 is 0 Å². The summed E-state index contributed by atoms with van der Waals surface area (Å²) in [6.07, 6.45) is 5.95. The third kappa shape index (κ3) is 5.29. The van der Waals surface area contributed by atoms with Gasteiger partial charge in [0, 0.05) is 5.56 Å². The van der Waals surface area contributed by atoms with Crippen molar-refractivity contribution in [3.8, 4) is 0 Å². The van der Waals surface area contributed by atoms with Crippen molar-refractivity contribution in [1.29, 1.82) is 5.41 Å². The van der Waals surface area contributed by atoms with Crippen molar-refractivity contribution in [3.63, 3.8) is 0 Å². The first-order valence-corrected chi connectivity index (χ1v) is 7.29. The van der Waals surface area contributed by atoms with E-state index in [-0.39, 0.29) is 24.1 Å². The SMILES string of the molecule is CCCCCCC(C)OCc1cccc(C(=N)N)c1F. The van der Waals surface area contributed by atoms with E-state index in [1.807, 2.05) is 6.92 Å². The van der Waals surface area contributed by atoms with Crippen molar-refractivity contribution in [2.24, 2.45) is 5.73 Å². The number of unbranched alkanes of at least 4 members (excludes halogenated alkanes) is 3. The molecule has 0 amide bonds. The Bertz CT molecular complexity index is 434. The van der Waals surface area contributed by atoms with Crippen LogP contribution in [0.2, 0.25) is 0 Å². The number of nitrogen functional groups attached to an aromatic ring is 1. The van der Waals surface area contributed by atoms with Gasteiger partial charge in [-0.2, -0.15) is 0 Å². The summed E-state index contributed by atoms with van der Waals surface area (Å²) in [5.74, 6) is -0.699. The number of ether oxygens (including phenoxy) is 1. The molecular formula is C16H25FN2O. The van der Waals surface area contributed by atoms with Gasteiger partial charge in [0.1, 0.15) is 11.7 Å². The topological polar surface area (TPSA) is 59.1 Å². The van der Waals surface area contributed by atoms with Gasteiger partial charge in [0.15, 0.2) is 0 Å². The van der Waals surface area contributed by atoms with Crippen LogP contribution in [0, 0.1) is 11.2 Å². The highest BCUT2D eigenvalue weighted by atomic mass is 19.1. The number of halogens is 1. The van der Waals surface area contributed by atoms with Gasteiger partial charge in [-0.05, 0) is 19.4 Å². The molecule has 1 rings (SSSR count). The minimum Gasteiger partial charge on any atom is -0.384 e. The smallest absolute Gasteiger partial charge is 0.139 e. The number of amidine groups is 1. The third-order valence-corrected chi connectivity index (χ3v) is 3.36. The average molecular weight is 280 g/mol. The molecule has 0 aliphatic rings. The second kappa shape index (κ2) is 8.69. The normalized spacial score (nSPS) is 12.3. The van der Waals surface area contributed by atoms with E-state index in [1.165, 1.54) is 25.3 Å². The molecule has 0 radical (unpaired) electrons. The quantitative estimate of drug-likeness (QED) is 0.408. The second-order valence-electron chi connectivity index (χ2n) is 5.16. The predicted octanol–water partition coefficient (Wildman–Crippen LogP) is 3.99. The Kier molecular flexibility index (Phi) is 7.23. The molecule has 0 aliphatic heterocycles. The lowest BCUT2D eigenvalue weighted by molar-refractivity contribution is 0.0443. The fourth-order valence-corrected chi connectivity index (χ4v) is 2.07. The lowest BCUT2D eigenvalue weighted by Crippen LogP contribution is -2.15. The van der Waals surface area contributed by atoms with E-state index in [0.717, 1.165) is 12.8 Å². The summed E-state index contributed by atoms with van der Waals surface area (Å²) in [5, 5.41) is 7.32. The fraction of sp³-hybridized carbons (Fsp3) is 0.562. The first kappa shape index (κ1) is 16.6. The van der Waals surface area contributed by atoms with Crippen LogP contribution in [0.1, 0.15) is 57.1 Å². The van der Waals surface area contributed by atoms with E-state index >= 15 is 0 Å². The summed E-state index contributed by atoms with van der Waals surface area (Å²) in [4.78, 5) is 0. The number of hydrogen-bond acceptors (Lipinski definition) is 2. The van der Waals surface area contributed by atoms with E-state index in [2.05, 4.69) is 6.92 Å². The molecule has 0 saturated heterocycles. The Morgan fingerprint density at radius 1 is 1.35 bits per heavy atom. The molecule has 1 unspecified atom stereocenters. The van der Waals surface area contributed by atoms with Gasteiger partial charge in [-0.1, -0.05) is 44.7 Å². The molecule has 0 fully saturated rings. The van der Waals surface area contributed by atoms with Crippen molar-refractivity contribution < 1.29 is 9.13 Å². The van der Waals surface area contributed by atoms with Gasteiger partial charge in [-0.3, -0.25) is 5.41 Å². The maximum Gasteiger partial charge on any atom is 0.139 e. The van der Waals surface area contributed by atoms with E-state index in [1.54, 1.807) is 12.1 Å². The number of hydrogen-bond donors (Lipinski definition) is 2. The van der Waals surface area contributed by atoms with Gasteiger partial charge in [-0.25, -0.2) is 4.39 Å². The van der Waals surface area contributed by atoms with Crippen LogP contribution in [0.3, 0.4) is 0 Å². The zero-order chi connectivity index (χ0) is 15.0. The zero-order valence-corrected chi connectivity index (χ0v) is 12.4. The molecule has 0 bridgehead atoms. The van der Waals surface area contributed by atoms with Gasteiger partial charge in [-0.15, -0.1) is 0 Å². The van der Waals surface area contributed by atoms with Crippen LogP contribution in [0.25, 0.3) is 0 Å². The summed E-state index contributed by atoms with van der Waals surface area (Å²) in [6.45, 7) is 4.42. The molecule has 0 saturated carbocycles. The summed E-state index contributed by atoms with van der Waals surface area (Å²) in [6, 6.07) is 4.88. The van der Waals surface area contributed by atoms with Crippen molar-refractivity contribution in [1.82, 2.24) is 0 Å². The van der Waals surface area contributed by atoms with E-state index in [4.69, 9.17) is 15.9 Å². The average Bonchev–Trinajstić information content (AvgIpc) is 2.42. The molecule has 3 nitrogen and oxygen atoms in total. The number of benzene rings is 1. The van der Waals surface area contributed by atoms with Crippen molar-refractivity contribution in [3.05, 3.63) is 35.1 Å². The standard InChI is InChI=1S/C16H25FN2O/c1-3-4-5-6-8-12(2)20-11-13-9-7-10-14(15(13)17)16(18)19/h7,9-10,12H,3-6,8,11H2,1-2H3,(H3,18,19). The molecule has 0 spiro atoms. The number of nitrogens with two attached hydrogens (primary N) is 1. The molecule has 112 valence electrons. The van der Waals surface area contributed by atoms with Crippen LogP contribution in [0.4, 0.5) is 4.39 Å². The Labute approximate surface area is 120 Å². The van der Waals surface area contributed by atoms with E-state index in [9.17, 15) is 4.39 Å². The summed E-state index contributed by atoms with van der Waals surface area (Å²) in [7, 11) is 0. The predicted molar refractivity (Wildman–Crippen MR) is 80.4 cm³/mol. The highest BCUT2D eigenvalue weighted by Crippen LogP contribution is 2.16. The van der Waals surface area contributed by atoms with Gasteiger partial charge in [0.2, 0.25) is 0 Å². The second-order valence-corrected chi connectivity index (χ2v) is 5.16.